The van der Waals surface area contributed by atoms with Gasteiger partial charge >= 0.3 is 5.97 Å². The van der Waals surface area contributed by atoms with E-state index in [2.05, 4.69) is 6.92 Å². The van der Waals surface area contributed by atoms with E-state index in [0.29, 0.717) is 5.92 Å². The molecule has 1 heterocycles. The van der Waals surface area contributed by atoms with Crippen molar-refractivity contribution < 1.29 is 14.6 Å². The van der Waals surface area contributed by atoms with E-state index >= 15 is 0 Å². The zero-order valence-corrected chi connectivity index (χ0v) is 6.54. The van der Waals surface area contributed by atoms with Gasteiger partial charge in [-0.15, -0.1) is 0 Å². The first kappa shape index (κ1) is 7.10. The van der Waals surface area contributed by atoms with Crippen LogP contribution in [0.1, 0.15) is 13.3 Å². The van der Waals surface area contributed by atoms with Crippen LogP contribution in [-0.2, 0) is 9.53 Å². The van der Waals surface area contributed by atoms with Gasteiger partial charge in [0.1, 0.15) is 0 Å². The lowest BCUT2D eigenvalue weighted by Crippen LogP contribution is -2.42. The van der Waals surface area contributed by atoms with Crippen molar-refractivity contribution >= 4 is 5.97 Å². The van der Waals surface area contributed by atoms with Gasteiger partial charge in [-0.25, -0.2) is 0 Å². The molecule has 2 fully saturated rings. The Balaban J connectivity index is 1.95. The molecule has 1 saturated heterocycles. The van der Waals surface area contributed by atoms with Crippen LogP contribution in [0, 0.1) is 17.3 Å². The Kier molecular flexibility index (Phi) is 1.27. The summed E-state index contributed by atoms with van der Waals surface area (Å²) in [5, 5.41) is 8.67. The van der Waals surface area contributed by atoms with E-state index in [4.69, 9.17) is 9.84 Å². The maximum Gasteiger partial charge on any atom is 0.306 e. The molecule has 0 radical (unpaired) electrons. The third-order valence-electron chi connectivity index (χ3n) is 2.87. The highest BCUT2D eigenvalue weighted by molar-refractivity contribution is 5.73. The van der Waals surface area contributed by atoms with Crippen LogP contribution in [0.5, 0.6) is 0 Å². The van der Waals surface area contributed by atoms with Gasteiger partial charge in [-0.3, -0.25) is 4.79 Å². The summed E-state index contributed by atoms with van der Waals surface area (Å²) in [4.78, 5) is 10.5. The molecule has 62 valence electrons. The predicted molar refractivity (Wildman–Crippen MR) is 38.2 cm³/mol. The van der Waals surface area contributed by atoms with E-state index in [-0.39, 0.29) is 11.3 Å². The van der Waals surface area contributed by atoms with Crippen molar-refractivity contribution in [2.45, 2.75) is 13.3 Å². The number of carboxylic acid groups (broad SMARTS) is 1. The first-order chi connectivity index (χ1) is 5.13. The molecule has 3 heteroatoms. The lowest BCUT2D eigenvalue weighted by atomic mass is 9.82. The smallest absolute Gasteiger partial charge is 0.306 e. The molecule has 1 aliphatic carbocycles. The first-order valence-corrected chi connectivity index (χ1v) is 3.94. The molecule has 1 aliphatic heterocycles. The highest BCUT2D eigenvalue weighted by Crippen LogP contribution is 2.54. The third-order valence-corrected chi connectivity index (χ3v) is 2.87. The Morgan fingerprint density at radius 3 is 2.55 bits per heavy atom. The lowest BCUT2D eigenvalue weighted by Gasteiger charge is -2.38. The van der Waals surface area contributed by atoms with Crippen molar-refractivity contribution in [2.75, 3.05) is 13.2 Å². The minimum atomic E-state index is -0.636. The summed E-state index contributed by atoms with van der Waals surface area (Å²) in [6, 6.07) is 0. The van der Waals surface area contributed by atoms with Gasteiger partial charge in [0.15, 0.2) is 0 Å². The predicted octanol–water partition coefficient (Wildman–Crippen LogP) is 0.744. The maximum absolute atomic E-state index is 10.5. The molecular weight excluding hydrogens is 144 g/mol. The molecule has 1 saturated carbocycles. The minimum Gasteiger partial charge on any atom is -0.481 e. The number of rotatable bonds is 2. The molecular formula is C8H12O3. The fourth-order valence-corrected chi connectivity index (χ4v) is 1.88. The summed E-state index contributed by atoms with van der Waals surface area (Å²) < 4.78 is 5.07. The average Bonchev–Trinajstić information content (AvgIpc) is 2.60. The van der Waals surface area contributed by atoms with Crippen LogP contribution in [0.4, 0.5) is 0 Å². The zero-order chi connectivity index (χ0) is 8.06. The Bertz CT molecular complexity index is 196. The molecule has 0 aromatic heterocycles. The van der Waals surface area contributed by atoms with Crippen LogP contribution >= 0.6 is 0 Å². The number of hydrogen-bond donors (Lipinski definition) is 1. The Morgan fingerprint density at radius 2 is 2.27 bits per heavy atom. The van der Waals surface area contributed by atoms with Crippen LogP contribution in [0.15, 0.2) is 0 Å². The van der Waals surface area contributed by atoms with E-state index in [1.807, 2.05) is 0 Å². The standard InChI is InChI=1S/C8H12O3/c1-8(3-11-4-8)6-2-5(6)7(9)10/h5-6H,2-4H2,1H3,(H,9,10)/t5-,6-/m1/s1. The molecule has 11 heavy (non-hydrogen) atoms. The summed E-state index contributed by atoms with van der Waals surface area (Å²) in [6.45, 7) is 3.62. The van der Waals surface area contributed by atoms with Gasteiger partial charge in [0.25, 0.3) is 0 Å². The topological polar surface area (TPSA) is 46.5 Å². The van der Waals surface area contributed by atoms with Gasteiger partial charge in [0, 0.05) is 5.41 Å². The van der Waals surface area contributed by atoms with Crippen LogP contribution in [-0.4, -0.2) is 24.3 Å². The molecule has 0 unspecified atom stereocenters. The largest absolute Gasteiger partial charge is 0.481 e. The van der Waals surface area contributed by atoms with Gasteiger partial charge < -0.3 is 9.84 Å². The second-order valence-electron chi connectivity index (χ2n) is 3.93. The summed E-state index contributed by atoms with van der Waals surface area (Å²) in [7, 11) is 0. The molecule has 3 nitrogen and oxygen atoms in total. The van der Waals surface area contributed by atoms with Crippen LogP contribution < -0.4 is 0 Å². The zero-order valence-electron chi connectivity index (χ0n) is 6.54. The normalized spacial score (nSPS) is 39.4. The van der Waals surface area contributed by atoms with Gasteiger partial charge in [0.05, 0.1) is 19.1 Å². The fraction of sp³-hybridized carbons (Fsp3) is 0.875. The molecule has 1 N–H and O–H groups in total. The number of hydrogen-bond acceptors (Lipinski definition) is 2. The Labute approximate surface area is 65.4 Å². The van der Waals surface area contributed by atoms with Crippen LogP contribution in [0.2, 0.25) is 0 Å². The van der Waals surface area contributed by atoms with E-state index in [1.165, 1.54) is 0 Å². The van der Waals surface area contributed by atoms with Gasteiger partial charge in [-0.2, -0.15) is 0 Å². The molecule has 0 spiro atoms. The molecule has 2 rings (SSSR count). The number of carbonyl (C=O) groups is 1. The van der Waals surface area contributed by atoms with Crippen molar-refractivity contribution in [3.05, 3.63) is 0 Å². The van der Waals surface area contributed by atoms with Crippen LogP contribution in [0.25, 0.3) is 0 Å². The van der Waals surface area contributed by atoms with E-state index in [1.54, 1.807) is 0 Å². The highest BCUT2D eigenvalue weighted by Gasteiger charge is 2.56. The van der Waals surface area contributed by atoms with Gasteiger partial charge in [-0.1, -0.05) is 6.92 Å². The van der Waals surface area contributed by atoms with Crippen LogP contribution in [0.3, 0.4) is 0 Å². The van der Waals surface area contributed by atoms with Crippen molar-refractivity contribution in [3.8, 4) is 0 Å². The highest BCUT2D eigenvalue weighted by atomic mass is 16.5. The molecule has 0 aromatic rings. The van der Waals surface area contributed by atoms with Crippen molar-refractivity contribution in [2.24, 2.45) is 17.3 Å². The van der Waals surface area contributed by atoms with Crippen molar-refractivity contribution in [1.29, 1.82) is 0 Å². The SMILES string of the molecule is CC1([C@@H]2C[C@H]2C(=O)O)COC1. The number of carboxylic acids is 1. The molecule has 2 atom stereocenters. The second kappa shape index (κ2) is 1.97. The minimum absolute atomic E-state index is 0.0797. The number of aliphatic carboxylic acids is 1. The van der Waals surface area contributed by atoms with Gasteiger partial charge in [-0.05, 0) is 12.3 Å². The Morgan fingerprint density at radius 1 is 1.64 bits per heavy atom. The second-order valence-corrected chi connectivity index (χ2v) is 3.93. The van der Waals surface area contributed by atoms with E-state index < -0.39 is 5.97 Å². The molecule has 2 aliphatic rings. The summed E-state index contributed by atoms with van der Waals surface area (Å²) >= 11 is 0. The quantitative estimate of drug-likeness (QED) is 0.641. The van der Waals surface area contributed by atoms with Crippen molar-refractivity contribution in [1.82, 2.24) is 0 Å². The molecule has 0 bridgehead atoms. The lowest BCUT2D eigenvalue weighted by molar-refractivity contribution is -0.143. The number of ether oxygens (including phenoxy) is 1. The first-order valence-electron chi connectivity index (χ1n) is 3.94. The summed E-state index contributed by atoms with van der Waals surface area (Å²) in [5.41, 5.74) is 0.184. The van der Waals surface area contributed by atoms with E-state index in [0.717, 1.165) is 19.6 Å². The molecule has 0 aromatic carbocycles. The maximum atomic E-state index is 10.5. The summed E-state index contributed by atoms with van der Waals surface area (Å²) in [5.74, 6) is -0.333. The average molecular weight is 156 g/mol. The third kappa shape index (κ3) is 0.948. The summed E-state index contributed by atoms with van der Waals surface area (Å²) in [6.07, 6.45) is 0.856. The van der Waals surface area contributed by atoms with Gasteiger partial charge in [0.2, 0.25) is 0 Å². The monoisotopic (exact) mass is 156 g/mol. The Hall–Kier alpha value is -0.570. The fourth-order valence-electron chi connectivity index (χ4n) is 1.88. The molecule has 0 amide bonds. The van der Waals surface area contributed by atoms with Crippen molar-refractivity contribution in [3.63, 3.8) is 0 Å². The van der Waals surface area contributed by atoms with E-state index in [9.17, 15) is 4.79 Å².